The molecule has 9 nitrogen and oxygen atoms in total. The van der Waals surface area contributed by atoms with Crippen molar-refractivity contribution in [2.75, 3.05) is 20.6 Å². The summed E-state index contributed by atoms with van der Waals surface area (Å²) in [6, 6.07) is 9.76. The molecule has 0 bridgehead atoms. The molecule has 1 aliphatic rings. The average Bonchev–Trinajstić information content (AvgIpc) is 3.12. The lowest BCUT2D eigenvalue weighted by atomic mass is 9.82. The van der Waals surface area contributed by atoms with Gasteiger partial charge in [0.25, 0.3) is 0 Å². The predicted molar refractivity (Wildman–Crippen MR) is 117 cm³/mol. The Labute approximate surface area is 204 Å². The van der Waals surface area contributed by atoms with Crippen LogP contribution >= 0.6 is 0 Å². The van der Waals surface area contributed by atoms with Crippen molar-refractivity contribution < 1.29 is 54.7 Å². The molecule has 1 unspecified atom stereocenters. The van der Waals surface area contributed by atoms with Crippen LogP contribution in [0.15, 0.2) is 42.5 Å². The van der Waals surface area contributed by atoms with E-state index in [1.165, 1.54) is 30.3 Å². The standard InChI is InChI=1S/C20H21F4NO4S.C2H2O4/c1-25(2)11-3-10-19(15-4-6-16(21)7-5-15)18-9-8-17(12-14(18)13-28-19)29-30(26,27)20(22,23)24;3-1(4)2(5)6/h4-9,12H,3,10-11,13H2,1-2H3;(H,3,4)(H,5,6). The number of fused-ring (bicyclic) bond motifs is 1. The fourth-order valence-corrected chi connectivity index (χ4v) is 3.99. The van der Waals surface area contributed by atoms with Crippen LogP contribution in [-0.4, -0.2) is 61.6 Å². The van der Waals surface area contributed by atoms with E-state index in [2.05, 4.69) is 4.18 Å². The van der Waals surface area contributed by atoms with Gasteiger partial charge in [0, 0.05) is 0 Å². The third-order valence-electron chi connectivity index (χ3n) is 5.10. The Hall–Kier alpha value is -3.23. The van der Waals surface area contributed by atoms with Gasteiger partial charge in [0.1, 0.15) is 17.2 Å². The second kappa shape index (κ2) is 11.2. The van der Waals surface area contributed by atoms with E-state index in [0.29, 0.717) is 23.1 Å². The number of carboxylic acid groups (broad SMARTS) is 2. The van der Waals surface area contributed by atoms with Gasteiger partial charge in [-0.15, -0.1) is 0 Å². The van der Waals surface area contributed by atoms with Crippen molar-refractivity contribution in [3.05, 3.63) is 65.0 Å². The van der Waals surface area contributed by atoms with E-state index in [1.807, 2.05) is 19.0 Å². The summed E-state index contributed by atoms with van der Waals surface area (Å²) in [6.07, 6.45) is 1.29. The van der Waals surface area contributed by atoms with Gasteiger partial charge in [-0.2, -0.15) is 21.6 Å². The topological polar surface area (TPSA) is 130 Å². The van der Waals surface area contributed by atoms with E-state index in [9.17, 15) is 26.0 Å². The van der Waals surface area contributed by atoms with Crippen LogP contribution in [0, 0.1) is 5.82 Å². The maximum atomic E-state index is 13.4. The summed E-state index contributed by atoms with van der Waals surface area (Å²) in [4.78, 5) is 20.2. The summed E-state index contributed by atoms with van der Waals surface area (Å²) < 4.78 is 84.2. The Balaban J connectivity index is 0.000000678. The summed E-state index contributed by atoms with van der Waals surface area (Å²) in [6.45, 7) is 0.824. The number of benzene rings is 2. The number of halogens is 4. The molecule has 198 valence electrons. The van der Waals surface area contributed by atoms with Crippen molar-refractivity contribution >= 4 is 22.1 Å². The lowest BCUT2D eigenvalue weighted by molar-refractivity contribution is -0.159. The normalized spacial score (nSPS) is 17.2. The highest BCUT2D eigenvalue weighted by Crippen LogP contribution is 2.46. The largest absolute Gasteiger partial charge is 0.534 e. The van der Waals surface area contributed by atoms with Crippen molar-refractivity contribution in [3.63, 3.8) is 0 Å². The molecule has 2 aromatic carbocycles. The minimum atomic E-state index is -5.77. The third kappa shape index (κ3) is 6.92. The highest BCUT2D eigenvalue weighted by molar-refractivity contribution is 7.88. The minimum absolute atomic E-state index is 0.0535. The van der Waals surface area contributed by atoms with Crippen LogP contribution in [0.3, 0.4) is 0 Å². The number of alkyl halides is 3. The molecule has 0 fully saturated rings. The smallest absolute Gasteiger partial charge is 0.473 e. The fourth-order valence-electron chi connectivity index (χ4n) is 3.54. The Bertz CT molecular complexity index is 1190. The molecule has 1 aliphatic heterocycles. The van der Waals surface area contributed by atoms with Gasteiger partial charge in [0.15, 0.2) is 0 Å². The monoisotopic (exact) mass is 537 g/mol. The molecule has 2 N–H and O–H groups in total. The number of nitrogens with zero attached hydrogens (tertiary/aromatic N) is 1. The summed E-state index contributed by atoms with van der Waals surface area (Å²) in [5.74, 6) is -4.50. The van der Waals surface area contributed by atoms with Crippen LogP contribution in [0.1, 0.15) is 29.5 Å². The number of carbonyl (C=O) groups is 2. The minimum Gasteiger partial charge on any atom is -0.473 e. The molecular formula is C22H23F4NO8S. The molecule has 0 radical (unpaired) electrons. The summed E-state index contributed by atoms with van der Waals surface area (Å²) in [5.41, 5.74) is -4.53. The third-order valence-corrected chi connectivity index (χ3v) is 6.08. The summed E-state index contributed by atoms with van der Waals surface area (Å²) in [5, 5.41) is 14.8. The number of hydrogen-bond donors (Lipinski definition) is 2. The lowest BCUT2D eigenvalue weighted by Crippen LogP contribution is -2.29. The van der Waals surface area contributed by atoms with Gasteiger partial charge in [0.05, 0.1) is 6.61 Å². The molecule has 0 saturated carbocycles. The molecule has 3 rings (SSSR count). The zero-order valence-electron chi connectivity index (χ0n) is 19.1. The molecule has 1 heterocycles. The molecule has 14 heteroatoms. The van der Waals surface area contributed by atoms with Gasteiger partial charge in [-0.25, -0.2) is 14.0 Å². The quantitative estimate of drug-likeness (QED) is 0.236. The summed E-state index contributed by atoms with van der Waals surface area (Å²) >= 11 is 0. The van der Waals surface area contributed by atoms with Crippen LogP contribution in [0.25, 0.3) is 0 Å². The van der Waals surface area contributed by atoms with Crippen molar-refractivity contribution in [2.24, 2.45) is 0 Å². The van der Waals surface area contributed by atoms with Crippen LogP contribution in [-0.2, 0) is 36.7 Å². The predicted octanol–water partition coefficient (Wildman–Crippen LogP) is 3.33. The molecular weight excluding hydrogens is 514 g/mol. The van der Waals surface area contributed by atoms with Gasteiger partial charge < -0.3 is 24.0 Å². The van der Waals surface area contributed by atoms with Crippen molar-refractivity contribution in [1.29, 1.82) is 0 Å². The first kappa shape index (κ1) is 29.0. The van der Waals surface area contributed by atoms with Gasteiger partial charge in [-0.3, -0.25) is 0 Å². The van der Waals surface area contributed by atoms with Gasteiger partial charge >= 0.3 is 27.6 Å². The molecule has 1 atom stereocenters. The second-order valence-electron chi connectivity index (χ2n) is 7.94. The highest BCUT2D eigenvalue weighted by atomic mass is 32.2. The van der Waals surface area contributed by atoms with E-state index in [-0.39, 0.29) is 6.61 Å². The number of carboxylic acids is 2. The average molecular weight is 537 g/mol. The number of hydrogen-bond acceptors (Lipinski definition) is 7. The molecule has 0 aromatic heterocycles. The van der Waals surface area contributed by atoms with E-state index in [0.717, 1.165) is 13.0 Å². The molecule has 2 aromatic rings. The summed E-state index contributed by atoms with van der Waals surface area (Å²) in [7, 11) is -1.91. The van der Waals surface area contributed by atoms with E-state index in [4.69, 9.17) is 24.5 Å². The first-order chi connectivity index (χ1) is 16.6. The van der Waals surface area contributed by atoms with E-state index >= 15 is 0 Å². The lowest BCUT2D eigenvalue weighted by Gasteiger charge is -2.31. The fraction of sp³-hybridized carbons (Fsp3) is 0.364. The highest BCUT2D eigenvalue weighted by Gasteiger charge is 2.49. The molecule has 0 spiro atoms. The van der Waals surface area contributed by atoms with Crippen LogP contribution in [0.2, 0.25) is 0 Å². The maximum Gasteiger partial charge on any atom is 0.534 e. The molecule has 0 amide bonds. The Morgan fingerprint density at radius 1 is 1.08 bits per heavy atom. The van der Waals surface area contributed by atoms with Crippen LogP contribution in [0.4, 0.5) is 17.6 Å². The van der Waals surface area contributed by atoms with Crippen LogP contribution < -0.4 is 4.18 Å². The van der Waals surface area contributed by atoms with Crippen molar-refractivity contribution in [3.8, 4) is 5.75 Å². The van der Waals surface area contributed by atoms with Crippen molar-refractivity contribution in [2.45, 2.75) is 30.6 Å². The van der Waals surface area contributed by atoms with Gasteiger partial charge in [-0.05, 0) is 74.4 Å². The maximum absolute atomic E-state index is 13.4. The SMILES string of the molecule is CN(C)CCCC1(c2ccc(F)cc2)OCc2cc(OS(=O)(=O)C(F)(F)F)ccc21.O=C(O)C(=O)O. The molecule has 36 heavy (non-hydrogen) atoms. The Morgan fingerprint density at radius 3 is 2.17 bits per heavy atom. The Morgan fingerprint density at radius 2 is 1.67 bits per heavy atom. The van der Waals surface area contributed by atoms with Crippen LogP contribution in [0.5, 0.6) is 5.75 Å². The zero-order valence-corrected chi connectivity index (χ0v) is 19.9. The molecule has 0 aliphatic carbocycles. The van der Waals surface area contributed by atoms with E-state index in [1.54, 1.807) is 12.1 Å². The first-order valence-corrected chi connectivity index (χ1v) is 11.6. The Kier molecular flexibility index (Phi) is 9.04. The van der Waals surface area contributed by atoms with E-state index < -0.39 is 44.7 Å². The zero-order chi connectivity index (χ0) is 27.3. The van der Waals surface area contributed by atoms with Gasteiger partial charge in [0.2, 0.25) is 0 Å². The van der Waals surface area contributed by atoms with Gasteiger partial charge in [-0.1, -0.05) is 18.2 Å². The number of ether oxygens (including phenoxy) is 1. The number of rotatable bonds is 7. The number of aliphatic carboxylic acids is 2. The molecule has 0 saturated heterocycles. The second-order valence-corrected chi connectivity index (χ2v) is 9.48. The first-order valence-electron chi connectivity index (χ1n) is 10.2. The van der Waals surface area contributed by atoms with Crippen molar-refractivity contribution in [1.82, 2.24) is 4.90 Å².